The molecule has 2 aliphatic rings. The van der Waals surface area contributed by atoms with E-state index >= 15 is 0 Å². The zero-order valence-corrected chi connectivity index (χ0v) is 16.4. The van der Waals surface area contributed by atoms with Crippen molar-refractivity contribution in [1.29, 1.82) is 0 Å². The molecule has 0 radical (unpaired) electrons. The highest BCUT2D eigenvalue weighted by Gasteiger charge is 2.55. The van der Waals surface area contributed by atoms with Crippen LogP contribution in [-0.2, 0) is 23.9 Å². The Morgan fingerprint density at radius 2 is 1.50 bits per heavy atom. The number of fused-ring (bicyclic) bond motifs is 6. The molecule has 1 atom stereocenters. The van der Waals surface area contributed by atoms with Gasteiger partial charge in [-0.05, 0) is 76.7 Å². The van der Waals surface area contributed by atoms with Crippen molar-refractivity contribution >= 4 is 11.8 Å². The number of rotatable bonds is 2. The van der Waals surface area contributed by atoms with Crippen molar-refractivity contribution in [3.8, 4) is 0 Å². The Morgan fingerprint density at radius 1 is 0.967 bits per heavy atom. The molecule has 0 fully saturated rings. The van der Waals surface area contributed by atoms with Crippen LogP contribution in [-0.4, -0.2) is 32.0 Å². The monoisotopic (exact) mass is 403 g/mol. The summed E-state index contributed by atoms with van der Waals surface area (Å²) in [4.78, 5) is 23.6. The third kappa shape index (κ3) is 2.35. The Kier molecular flexibility index (Phi) is 3.66. The normalized spacial score (nSPS) is 20.9. The molecule has 0 bridgehead atoms. The third-order valence-electron chi connectivity index (χ3n) is 6.32. The number of aryl methyl sites for hydroxylation is 2. The summed E-state index contributed by atoms with van der Waals surface area (Å²) in [7, 11) is 0. The Bertz CT molecular complexity index is 1160. The highest BCUT2D eigenvalue weighted by molar-refractivity contribution is 5.94. The first kappa shape index (κ1) is 18.4. The van der Waals surface area contributed by atoms with Crippen LogP contribution >= 0.6 is 0 Å². The van der Waals surface area contributed by atoms with Crippen molar-refractivity contribution in [2.24, 2.45) is 17.2 Å². The zero-order chi connectivity index (χ0) is 21.3. The molecule has 9 heteroatoms. The van der Waals surface area contributed by atoms with Crippen LogP contribution in [0.2, 0.25) is 0 Å². The molecular weight excluding hydrogens is 382 g/mol. The molecule has 2 aromatic carbocycles. The number of aromatic nitrogens is 4. The van der Waals surface area contributed by atoms with E-state index in [1.165, 1.54) is 0 Å². The lowest BCUT2D eigenvalue weighted by molar-refractivity contribution is 0.0991. The summed E-state index contributed by atoms with van der Waals surface area (Å²) in [6, 6.07) is 11.0. The van der Waals surface area contributed by atoms with Crippen LogP contribution in [0.5, 0.6) is 0 Å². The minimum Gasteiger partial charge on any atom is -0.366 e. The molecule has 1 aliphatic heterocycles. The van der Waals surface area contributed by atoms with E-state index in [9.17, 15) is 9.59 Å². The number of hydrogen-bond donors (Lipinski definition) is 3. The van der Waals surface area contributed by atoms with Gasteiger partial charge >= 0.3 is 0 Å². The molecule has 5 rings (SSSR count). The van der Waals surface area contributed by atoms with Crippen LogP contribution in [0, 0.1) is 0 Å². The first-order valence-corrected chi connectivity index (χ1v) is 9.69. The molecular formula is C21H21N7O2. The first-order valence-electron chi connectivity index (χ1n) is 9.69. The van der Waals surface area contributed by atoms with Gasteiger partial charge in [-0.2, -0.15) is 0 Å². The second-order valence-corrected chi connectivity index (χ2v) is 8.33. The van der Waals surface area contributed by atoms with E-state index in [0.29, 0.717) is 36.2 Å². The van der Waals surface area contributed by atoms with E-state index in [-0.39, 0.29) is 0 Å². The van der Waals surface area contributed by atoms with E-state index in [0.717, 1.165) is 22.3 Å². The minimum atomic E-state index is -0.817. The van der Waals surface area contributed by atoms with Crippen LogP contribution in [0.4, 0.5) is 0 Å². The quantitative estimate of drug-likeness (QED) is 0.560. The van der Waals surface area contributed by atoms with E-state index in [2.05, 4.69) is 15.5 Å². The number of primary amides is 2. The average Bonchev–Trinajstić information content (AvgIpc) is 3.25. The van der Waals surface area contributed by atoms with Crippen LogP contribution in [0.3, 0.4) is 0 Å². The highest BCUT2D eigenvalue weighted by atomic mass is 16.1. The number of carbonyl (C=O) groups is 2. The number of tetrazole rings is 1. The molecule has 2 amide bonds. The summed E-state index contributed by atoms with van der Waals surface area (Å²) in [6.45, 7) is 1.89. The molecule has 1 unspecified atom stereocenters. The Balaban J connectivity index is 1.86. The first-order chi connectivity index (χ1) is 14.2. The van der Waals surface area contributed by atoms with Gasteiger partial charge in [0.05, 0.1) is 5.41 Å². The van der Waals surface area contributed by atoms with E-state index < -0.39 is 22.9 Å². The fraction of sp³-hybridized carbons (Fsp3) is 0.286. The lowest BCUT2D eigenvalue weighted by Gasteiger charge is -2.32. The molecule has 1 aliphatic carbocycles. The predicted molar refractivity (Wildman–Crippen MR) is 107 cm³/mol. The molecule has 0 saturated heterocycles. The molecule has 2 heterocycles. The topological polar surface area (TPSA) is 156 Å². The van der Waals surface area contributed by atoms with Gasteiger partial charge in [-0.15, -0.1) is 5.10 Å². The summed E-state index contributed by atoms with van der Waals surface area (Å²) in [5, 5.41) is 12.4. The SMILES string of the molecule is CC1(N)CC2(c3ccc(C(N)=O)cc3CCc3cc(C(N)=O)ccc32)c2nnnn21. The number of amides is 2. The van der Waals surface area contributed by atoms with Gasteiger partial charge in [-0.1, -0.05) is 12.1 Å². The van der Waals surface area contributed by atoms with Crippen molar-refractivity contribution in [3.63, 3.8) is 0 Å². The maximum atomic E-state index is 11.8. The maximum Gasteiger partial charge on any atom is 0.248 e. The Hall–Kier alpha value is -3.59. The fourth-order valence-corrected chi connectivity index (χ4v) is 5.07. The summed E-state index contributed by atoms with van der Waals surface area (Å²) in [5.74, 6) is -0.329. The molecule has 6 N–H and O–H groups in total. The van der Waals surface area contributed by atoms with Gasteiger partial charge in [0.1, 0.15) is 5.66 Å². The van der Waals surface area contributed by atoms with E-state index in [1.54, 1.807) is 16.8 Å². The predicted octanol–water partition coefficient (Wildman–Crippen LogP) is 0.339. The largest absolute Gasteiger partial charge is 0.366 e. The van der Waals surface area contributed by atoms with E-state index in [4.69, 9.17) is 17.2 Å². The van der Waals surface area contributed by atoms with Crippen LogP contribution in [0.1, 0.15) is 62.1 Å². The number of nitrogens with two attached hydrogens (primary N) is 3. The van der Waals surface area contributed by atoms with Gasteiger partial charge in [-0.25, -0.2) is 4.68 Å². The van der Waals surface area contributed by atoms with Gasteiger partial charge in [0.2, 0.25) is 11.8 Å². The van der Waals surface area contributed by atoms with Crippen molar-refractivity contribution in [3.05, 3.63) is 75.6 Å². The van der Waals surface area contributed by atoms with Crippen molar-refractivity contribution < 1.29 is 9.59 Å². The number of nitrogens with zero attached hydrogens (tertiary/aromatic N) is 4. The summed E-state index contributed by atoms with van der Waals surface area (Å²) < 4.78 is 1.66. The average molecular weight is 403 g/mol. The summed E-state index contributed by atoms with van der Waals surface area (Å²) in [6.07, 6.45) is 1.83. The summed E-state index contributed by atoms with van der Waals surface area (Å²) >= 11 is 0. The van der Waals surface area contributed by atoms with Gasteiger partial charge in [-0.3, -0.25) is 9.59 Å². The smallest absolute Gasteiger partial charge is 0.248 e. The van der Waals surface area contributed by atoms with Crippen LogP contribution in [0.25, 0.3) is 0 Å². The van der Waals surface area contributed by atoms with Crippen LogP contribution < -0.4 is 17.2 Å². The molecule has 0 saturated carbocycles. The minimum absolute atomic E-state index is 0.445. The lowest BCUT2D eigenvalue weighted by atomic mass is 9.69. The molecule has 30 heavy (non-hydrogen) atoms. The maximum absolute atomic E-state index is 11.8. The number of benzene rings is 2. The van der Waals surface area contributed by atoms with Gasteiger partial charge in [0, 0.05) is 17.5 Å². The third-order valence-corrected chi connectivity index (χ3v) is 6.32. The molecule has 1 spiro atoms. The van der Waals surface area contributed by atoms with E-state index in [1.807, 2.05) is 31.2 Å². The highest BCUT2D eigenvalue weighted by Crippen LogP contribution is 2.53. The number of carbonyl (C=O) groups excluding carboxylic acids is 2. The van der Waals surface area contributed by atoms with Crippen molar-refractivity contribution in [2.45, 2.75) is 37.3 Å². The zero-order valence-electron chi connectivity index (χ0n) is 16.4. The lowest BCUT2D eigenvalue weighted by Crippen LogP contribution is -2.39. The van der Waals surface area contributed by atoms with Gasteiger partial charge < -0.3 is 17.2 Å². The summed E-state index contributed by atoms with van der Waals surface area (Å²) in [5.41, 5.74) is 21.0. The standard InChI is InChI=1S/C21H21N7O2/c1-20(24)10-21(19-25-26-27-28(19)20)15-6-4-13(17(22)29)8-11(15)2-3-12-9-14(18(23)30)5-7-16(12)21/h4-9H,2-3,10,24H2,1H3,(H2,22,29)(H2,23,30). The van der Waals surface area contributed by atoms with Crippen molar-refractivity contribution in [1.82, 2.24) is 20.2 Å². The molecule has 9 nitrogen and oxygen atoms in total. The second kappa shape index (κ2) is 5.96. The molecule has 152 valence electrons. The van der Waals surface area contributed by atoms with Crippen molar-refractivity contribution in [2.75, 3.05) is 0 Å². The van der Waals surface area contributed by atoms with Crippen LogP contribution in [0.15, 0.2) is 36.4 Å². The second-order valence-electron chi connectivity index (χ2n) is 8.33. The van der Waals surface area contributed by atoms with Gasteiger partial charge in [0.15, 0.2) is 5.82 Å². The van der Waals surface area contributed by atoms with Gasteiger partial charge in [0.25, 0.3) is 0 Å². The molecule has 3 aromatic rings. The molecule has 1 aromatic heterocycles. The number of hydrogen-bond acceptors (Lipinski definition) is 6. The Morgan fingerprint density at radius 3 is 2.00 bits per heavy atom. The Labute approximate surface area is 172 Å². The fourth-order valence-electron chi connectivity index (χ4n) is 5.07.